The Hall–Kier alpha value is -1.36. The minimum absolute atomic E-state index is 0.0216. The van der Waals surface area contributed by atoms with Gasteiger partial charge in [0.25, 0.3) is 5.91 Å². The zero-order valence-corrected chi connectivity index (χ0v) is 11.7. The van der Waals surface area contributed by atoms with Gasteiger partial charge >= 0.3 is 0 Å². The number of hydrogen-bond donors (Lipinski definition) is 0. The van der Waals surface area contributed by atoms with E-state index < -0.39 is 0 Å². The predicted molar refractivity (Wildman–Crippen MR) is 70.4 cm³/mol. The van der Waals surface area contributed by atoms with Crippen molar-refractivity contribution >= 4 is 5.91 Å². The molecule has 2 heterocycles. The van der Waals surface area contributed by atoms with Crippen LogP contribution >= 0.6 is 0 Å². The summed E-state index contributed by atoms with van der Waals surface area (Å²) < 4.78 is 1.99. The average Bonchev–Trinajstić information content (AvgIpc) is 2.59. The third-order valence-electron chi connectivity index (χ3n) is 3.40. The number of rotatable bonds is 2. The van der Waals surface area contributed by atoms with E-state index in [4.69, 9.17) is 0 Å². The van der Waals surface area contributed by atoms with Gasteiger partial charge in [-0.2, -0.15) is 5.10 Å². The Kier molecular flexibility index (Phi) is 3.71. The van der Waals surface area contributed by atoms with Crippen LogP contribution in [0.25, 0.3) is 0 Å². The maximum absolute atomic E-state index is 11.9. The van der Waals surface area contributed by atoms with E-state index in [1.807, 2.05) is 10.7 Å². The fourth-order valence-corrected chi connectivity index (χ4v) is 2.26. The molecule has 0 saturated carbocycles. The number of aromatic nitrogens is 2. The molecule has 1 aliphatic rings. The molecule has 1 aromatic rings. The van der Waals surface area contributed by atoms with Gasteiger partial charge in [-0.3, -0.25) is 14.4 Å². The topological polar surface area (TPSA) is 41.4 Å². The monoisotopic (exact) mass is 250 g/mol. The van der Waals surface area contributed by atoms with Crippen molar-refractivity contribution in [3.05, 3.63) is 17.5 Å². The first-order valence-corrected chi connectivity index (χ1v) is 6.51. The highest BCUT2D eigenvalue weighted by atomic mass is 16.2. The molecular weight excluding hydrogens is 228 g/mol. The van der Waals surface area contributed by atoms with Crippen LogP contribution in [-0.4, -0.2) is 52.2 Å². The van der Waals surface area contributed by atoms with Gasteiger partial charge in [0.15, 0.2) is 5.69 Å². The second-order valence-electron chi connectivity index (χ2n) is 5.36. The first-order valence-electron chi connectivity index (χ1n) is 6.51. The second kappa shape index (κ2) is 5.10. The summed E-state index contributed by atoms with van der Waals surface area (Å²) in [6.45, 7) is 7.29. The summed E-state index contributed by atoms with van der Waals surface area (Å²) in [5.74, 6) is -0.0216. The van der Waals surface area contributed by atoms with Crippen molar-refractivity contribution in [2.75, 3.05) is 20.6 Å². The summed E-state index contributed by atoms with van der Waals surface area (Å²) in [6, 6.07) is 2.46. The summed E-state index contributed by atoms with van der Waals surface area (Å²) in [5.41, 5.74) is 1.70. The predicted octanol–water partition coefficient (Wildman–Crippen LogP) is 1.20. The molecule has 0 atom stereocenters. The van der Waals surface area contributed by atoms with Crippen molar-refractivity contribution in [3.63, 3.8) is 0 Å². The maximum atomic E-state index is 11.9. The smallest absolute Gasteiger partial charge is 0.273 e. The lowest BCUT2D eigenvalue weighted by molar-refractivity contribution is 0.0821. The van der Waals surface area contributed by atoms with Gasteiger partial charge in [-0.25, -0.2) is 0 Å². The van der Waals surface area contributed by atoms with Gasteiger partial charge in [0, 0.05) is 39.8 Å². The quantitative estimate of drug-likeness (QED) is 0.792. The SMILES string of the molecule is CC(C)N1CCCn2nc(C(=O)N(C)C)cc2C1. The van der Waals surface area contributed by atoms with Gasteiger partial charge in [-0.1, -0.05) is 0 Å². The lowest BCUT2D eigenvalue weighted by Gasteiger charge is -2.23. The molecule has 0 spiro atoms. The Labute approximate surface area is 108 Å². The number of amides is 1. The molecule has 0 unspecified atom stereocenters. The molecule has 1 aliphatic heterocycles. The van der Waals surface area contributed by atoms with Gasteiger partial charge in [-0.05, 0) is 26.3 Å². The van der Waals surface area contributed by atoms with Crippen LogP contribution in [0.15, 0.2) is 6.07 Å². The molecule has 5 heteroatoms. The van der Waals surface area contributed by atoms with Gasteiger partial charge in [-0.15, -0.1) is 0 Å². The average molecular weight is 250 g/mol. The zero-order chi connectivity index (χ0) is 13.3. The molecule has 0 fully saturated rings. The van der Waals surface area contributed by atoms with Crippen LogP contribution in [0.3, 0.4) is 0 Å². The highest BCUT2D eigenvalue weighted by Crippen LogP contribution is 2.16. The van der Waals surface area contributed by atoms with E-state index >= 15 is 0 Å². The Balaban J connectivity index is 2.23. The molecule has 0 N–H and O–H groups in total. The van der Waals surface area contributed by atoms with Gasteiger partial charge in [0.05, 0.1) is 5.69 Å². The number of carbonyl (C=O) groups excluding carboxylic acids is 1. The fourth-order valence-electron chi connectivity index (χ4n) is 2.26. The van der Waals surface area contributed by atoms with Crippen LogP contribution in [-0.2, 0) is 13.1 Å². The zero-order valence-electron chi connectivity index (χ0n) is 11.7. The molecule has 0 aromatic carbocycles. The highest BCUT2D eigenvalue weighted by Gasteiger charge is 2.21. The van der Waals surface area contributed by atoms with Crippen LogP contribution in [0.5, 0.6) is 0 Å². The molecule has 0 saturated heterocycles. The van der Waals surface area contributed by atoms with Crippen molar-refractivity contribution in [3.8, 4) is 0 Å². The molecule has 2 rings (SSSR count). The number of nitrogens with zero attached hydrogens (tertiary/aromatic N) is 4. The van der Waals surface area contributed by atoms with Crippen molar-refractivity contribution in [2.45, 2.75) is 39.4 Å². The van der Waals surface area contributed by atoms with Crippen LogP contribution in [0, 0.1) is 0 Å². The second-order valence-corrected chi connectivity index (χ2v) is 5.36. The normalized spacial score (nSPS) is 16.5. The molecular formula is C13H22N4O. The standard InChI is InChI=1S/C13H22N4O/c1-10(2)16-6-5-7-17-11(9-16)8-12(14-17)13(18)15(3)4/h8,10H,5-7,9H2,1-4H3. The largest absolute Gasteiger partial charge is 0.343 e. The summed E-state index contributed by atoms with van der Waals surface area (Å²) in [7, 11) is 3.51. The Morgan fingerprint density at radius 1 is 1.39 bits per heavy atom. The van der Waals surface area contributed by atoms with Crippen molar-refractivity contribution in [1.29, 1.82) is 0 Å². The Morgan fingerprint density at radius 2 is 2.11 bits per heavy atom. The summed E-state index contributed by atoms with van der Waals surface area (Å²) in [5, 5.41) is 4.42. The van der Waals surface area contributed by atoms with E-state index in [1.165, 1.54) is 0 Å². The van der Waals surface area contributed by atoms with Crippen molar-refractivity contribution < 1.29 is 4.79 Å². The van der Waals surface area contributed by atoms with Crippen LogP contribution in [0.2, 0.25) is 0 Å². The molecule has 0 radical (unpaired) electrons. The van der Waals surface area contributed by atoms with E-state index in [2.05, 4.69) is 23.8 Å². The lowest BCUT2D eigenvalue weighted by Crippen LogP contribution is -2.30. The van der Waals surface area contributed by atoms with Crippen molar-refractivity contribution in [1.82, 2.24) is 19.6 Å². The van der Waals surface area contributed by atoms with E-state index in [-0.39, 0.29) is 5.91 Å². The van der Waals surface area contributed by atoms with Crippen molar-refractivity contribution in [2.24, 2.45) is 0 Å². The first-order chi connectivity index (χ1) is 8.49. The lowest BCUT2D eigenvalue weighted by atomic mass is 10.2. The van der Waals surface area contributed by atoms with Gasteiger partial charge < -0.3 is 4.90 Å². The molecule has 18 heavy (non-hydrogen) atoms. The van der Waals surface area contributed by atoms with E-state index in [9.17, 15) is 4.79 Å². The Morgan fingerprint density at radius 3 is 2.72 bits per heavy atom. The third-order valence-corrected chi connectivity index (χ3v) is 3.40. The molecule has 1 amide bonds. The van der Waals surface area contributed by atoms with Crippen LogP contribution in [0.1, 0.15) is 36.5 Å². The molecule has 1 aromatic heterocycles. The number of hydrogen-bond acceptors (Lipinski definition) is 3. The summed E-state index contributed by atoms with van der Waals surface area (Å²) >= 11 is 0. The Bertz CT molecular complexity index is 436. The first kappa shape index (κ1) is 13.1. The number of fused-ring (bicyclic) bond motifs is 1. The molecule has 100 valence electrons. The minimum atomic E-state index is -0.0216. The van der Waals surface area contributed by atoms with E-state index in [1.54, 1.807) is 19.0 Å². The minimum Gasteiger partial charge on any atom is -0.343 e. The maximum Gasteiger partial charge on any atom is 0.273 e. The van der Waals surface area contributed by atoms with E-state index in [0.717, 1.165) is 31.7 Å². The van der Waals surface area contributed by atoms with Gasteiger partial charge in [0.2, 0.25) is 0 Å². The summed E-state index contributed by atoms with van der Waals surface area (Å²) in [4.78, 5) is 15.9. The molecule has 0 aliphatic carbocycles. The number of carbonyl (C=O) groups is 1. The molecule has 0 bridgehead atoms. The van der Waals surface area contributed by atoms with Crippen LogP contribution in [0.4, 0.5) is 0 Å². The van der Waals surface area contributed by atoms with E-state index in [0.29, 0.717) is 11.7 Å². The fraction of sp³-hybridized carbons (Fsp3) is 0.692. The number of aryl methyl sites for hydroxylation is 1. The van der Waals surface area contributed by atoms with Gasteiger partial charge in [0.1, 0.15) is 0 Å². The molecule has 5 nitrogen and oxygen atoms in total. The van der Waals surface area contributed by atoms with Crippen LogP contribution < -0.4 is 0 Å². The third kappa shape index (κ3) is 2.56. The highest BCUT2D eigenvalue weighted by molar-refractivity contribution is 5.92. The summed E-state index contributed by atoms with van der Waals surface area (Å²) in [6.07, 6.45) is 1.09.